The fourth-order valence-electron chi connectivity index (χ4n) is 1.82. The highest BCUT2D eigenvalue weighted by Gasteiger charge is 2.73. The number of carboxylic acid groups (broad SMARTS) is 1. The Morgan fingerprint density at radius 2 is 2.08 bits per heavy atom. The van der Waals surface area contributed by atoms with Crippen molar-refractivity contribution in [3.63, 3.8) is 0 Å². The van der Waals surface area contributed by atoms with E-state index in [1.54, 1.807) is 0 Å². The van der Waals surface area contributed by atoms with Crippen molar-refractivity contribution < 1.29 is 18.7 Å². The number of hydrogen-bond donors (Lipinski definition) is 2. The van der Waals surface area contributed by atoms with Gasteiger partial charge in [0, 0.05) is 13.0 Å². The summed E-state index contributed by atoms with van der Waals surface area (Å²) >= 11 is 0. The van der Waals surface area contributed by atoms with Crippen LogP contribution < -0.4 is 5.32 Å². The predicted molar refractivity (Wildman–Crippen MR) is 43.3 cm³/mol. The third-order valence-corrected chi connectivity index (χ3v) is 2.79. The lowest BCUT2D eigenvalue weighted by atomic mass is 10.0. The van der Waals surface area contributed by atoms with Crippen LogP contribution in [0.3, 0.4) is 0 Å². The van der Waals surface area contributed by atoms with Crippen molar-refractivity contribution in [1.29, 1.82) is 0 Å². The van der Waals surface area contributed by atoms with E-state index in [1.165, 1.54) is 0 Å². The summed E-state index contributed by atoms with van der Waals surface area (Å²) in [6.07, 6.45) is -0.0912. The van der Waals surface area contributed by atoms with E-state index < -0.39 is 23.3 Å². The van der Waals surface area contributed by atoms with Gasteiger partial charge in [0.15, 0.2) is 0 Å². The van der Waals surface area contributed by atoms with E-state index in [9.17, 15) is 13.6 Å². The Morgan fingerprint density at radius 1 is 1.54 bits per heavy atom. The van der Waals surface area contributed by atoms with Crippen LogP contribution in [0.2, 0.25) is 0 Å². The fraction of sp³-hybridized carbons (Fsp3) is 0.857. The molecular weight excluding hydrogens is 204 g/mol. The summed E-state index contributed by atoms with van der Waals surface area (Å²) in [6.45, 7) is 0.136. The summed E-state index contributed by atoms with van der Waals surface area (Å²) in [6, 6.07) is -0.779. The van der Waals surface area contributed by atoms with Crippen molar-refractivity contribution in [2.75, 3.05) is 6.54 Å². The first-order valence-electron chi connectivity index (χ1n) is 3.81. The van der Waals surface area contributed by atoms with E-state index in [0.29, 0.717) is 0 Å². The van der Waals surface area contributed by atoms with E-state index in [4.69, 9.17) is 5.11 Å². The zero-order valence-corrected chi connectivity index (χ0v) is 7.53. The Bertz CT molecular complexity index is 249. The van der Waals surface area contributed by atoms with Crippen LogP contribution in [0.4, 0.5) is 8.78 Å². The van der Waals surface area contributed by atoms with Gasteiger partial charge in [-0.1, -0.05) is 0 Å². The fourth-order valence-corrected chi connectivity index (χ4v) is 1.82. The van der Waals surface area contributed by atoms with E-state index >= 15 is 0 Å². The van der Waals surface area contributed by atoms with Gasteiger partial charge in [0.2, 0.25) is 0 Å². The van der Waals surface area contributed by atoms with E-state index in [-0.39, 0.29) is 31.8 Å². The van der Waals surface area contributed by atoms with Crippen molar-refractivity contribution in [2.24, 2.45) is 5.41 Å². The van der Waals surface area contributed by atoms with Crippen LogP contribution in [-0.2, 0) is 4.79 Å². The molecule has 2 aliphatic rings. The van der Waals surface area contributed by atoms with Gasteiger partial charge in [-0.3, -0.25) is 4.79 Å². The second kappa shape index (κ2) is 2.78. The predicted octanol–water partition coefficient (Wildman–Crippen LogP) is 0.880. The molecule has 0 aromatic heterocycles. The second-order valence-corrected chi connectivity index (χ2v) is 3.64. The molecule has 0 aromatic carbocycles. The third-order valence-electron chi connectivity index (χ3n) is 2.79. The molecule has 13 heavy (non-hydrogen) atoms. The molecule has 1 unspecified atom stereocenters. The third kappa shape index (κ3) is 1.40. The largest absolute Gasteiger partial charge is 0.480 e. The average Bonchev–Trinajstić information content (AvgIpc) is 2.38. The van der Waals surface area contributed by atoms with E-state index in [2.05, 4.69) is 5.32 Å². The topological polar surface area (TPSA) is 49.3 Å². The number of aliphatic carboxylic acids is 1. The summed E-state index contributed by atoms with van der Waals surface area (Å²) in [4.78, 5) is 10.4. The molecule has 1 spiro atoms. The molecule has 2 rings (SSSR count). The quantitative estimate of drug-likeness (QED) is 0.680. The maximum absolute atomic E-state index is 12.7. The normalized spacial score (nSPS) is 40.0. The van der Waals surface area contributed by atoms with Gasteiger partial charge in [-0.05, 0) is 6.42 Å². The zero-order chi connectivity index (χ0) is 8.98. The van der Waals surface area contributed by atoms with Gasteiger partial charge in [0.1, 0.15) is 6.04 Å². The van der Waals surface area contributed by atoms with Gasteiger partial charge in [-0.2, -0.15) is 0 Å². The lowest BCUT2D eigenvalue weighted by Gasteiger charge is -2.04. The standard InChI is InChI=1S/C7H9F2NO2.ClH/c8-7(9)2-6(7)1-4(5(11)12)10-3-6;/h4,10H,1-3H2,(H,11,12);1H/t4-,6?;/m1./s1. The molecule has 0 amide bonds. The molecule has 1 saturated heterocycles. The van der Waals surface area contributed by atoms with Crippen LogP contribution in [0.15, 0.2) is 0 Å². The number of carboxylic acids is 1. The van der Waals surface area contributed by atoms with Gasteiger partial charge >= 0.3 is 5.97 Å². The average molecular weight is 214 g/mol. The molecule has 2 N–H and O–H groups in total. The van der Waals surface area contributed by atoms with Gasteiger partial charge < -0.3 is 10.4 Å². The molecule has 76 valence electrons. The molecule has 0 aromatic rings. The van der Waals surface area contributed by atoms with Crippen LogP contribution in [0.1, 0.15) is 12.8 Å². The molecular formula is C7H10ClF2NO2. The maximum atomic E-state index is 12.7. The molecule has 1 aliphatic carbocycles. The molecule has 3 nitrogen and oxygen atoms in total. The SMILES string of the molecule is Cl.O=C(O)[C@H]1CC2(CN1)CC2(F)F. The Hall–Kier alpha value is -0.420. The van der Waals surface area contributed by atoms with Crippen molar-refractivity contribution in [2.45, 2.75) is 24.8 Å². The van der Waals surface area contributed by atoms with Crippen LogP contribution in [0, 0.1) is 5.41 Å². The molecule has 0 bridgehead atoms. The Labute approximate surface area is 79.9 Å². The number of hydrogen-bond acceptors (Lipinski definition) is 2. The number of halogens is 3. The first-order valence-corrected chi connectivity index (χ1v) is 3.81. The summed E-state index contributed by atoms with van der Waals surface area (Å²) in [5, 5.41) is 11.1. The Balaban J connectivity index is 0.000000845. The van der Waals surface area contributed by atoms with E-state index in [0.717, 1.165) is 0 Å². The molecule has 1 heterocycles. The first-order chi connectivity index (χ1) is 5.47. The van der Waals surface area contributed by atoms with E-state index in [1.807, 2.05) is 0 Å². The minimum absolute atomic E-state index is 0. The molecule has 1 saturated carbocycles. The molecule has 1 aliphatic heterocycles. The van der Waals surface area contributed by atoms with Gasteiger partial charge in [-0.25, -0.2) is 8.78 Å². The molecule has 0 radical (unpaired) electrons. The maximum Gasteiger partial charge on any atom is 0.320 e. The van der Waals surface area contributed by atoms with Crippen LogP contribution in [0.5, 0.6) is 0 Å². The van der Waals surface area contributed by atoms with Crippen LogP contribution in [0.25, 0.3) is 0 Å². The summed E-state index contributed by atoms with van der Waals surface area (Å²) in [5.74, 6) is -3.67. The Kier molecular flexibility index (Phi) is 2.28. The first kappa shape index (κ1) is 10.7. The van der Waals surface area contributed by atoms with Crippen molar-refractivity contribution in [3.05, 3.63) is 0 Å². The van der Waals surface area contributed by atoms with Crippen molar-refractivity contribution >= 4 is 18.4 Å². The number of rotatable bonds is 1. The van der Waals surface area contributed by atoms with Crippen LogP contribution >= 0.6 is 12.4 Å². The highest BCUT2D eigenvalue weighted by atomic mass is 35.5. The van der Waals surface area contributed by atoms with Gasteiger partial charge in [0.25, 0.3) is 5.92 Å². The highest BCUT2D eigenvalue weighted by Crippen LogP contribution is 2.64. The monoisotopic (exact) mass is 213 g/mol. The van der Waals surface area contributed by atoms with Crippen molar-refractivity contribution in [1.82, 2.24) is 5.32 Å². The van der Waals surface area contributed by atoms with Crippen LogP contribution in [-0.4, -0.2) is 29.6 Å². The molecule has 2 fully saturated rings. The van der Waals surface area contributed by atoms with Gasteiger partial charge in [0.05, 0.1) is 5.41 Å². The highest BCUT2D eigenvalue weighted by molar-refractivity contribution is 5.85. The minimum atomic E-state index is -2.63. The summed E-state index contributed by atoms with van der Waals surface area (Å²) < 4.78 is 25.4. The number of nitrogens with one attached hydrogen (secondary N) is 1. The zero-order valence-electron chi connectivity index (χ0n) is 6.72. The Morgan fingerprint density at radius 3 is 2.31 bits per heavy atom. The lowest BCUT2D eigenvalue weighted by Crippen LogP contribution is -2.29. The second-order valence-electron chi connectivity index (χ2n) is 3.64. The molecule has 6 heteroatoms. The summed E-state index contributed by atoms with van der Waals surface area (Å²) in [7, 11) is 0. The van der Waals surface area contributed by atoms with Gasteiger partial charge in [-0.15, -0.1) is 12.4 Å². The van der Waals surface area contributed by atoms with Crippen molar-refractivity contribution in [3.8, 4) is 0 Å². The number of alkyl halides is 2. The minimum Gasteiger partial charge on any atom is -0.480 e. The lowest BCUT2D eigenvalue weighted by molar-refractivity contribution is -0.139. The number of carbonyl (C=O) groups is 1. The smallest absolute Gasteiger partial charge is 0.320 e. The summed E-state index contributed by atoms with van der Waals surface area (Å²) in [5.41, 5.74) is -1.03. The molecule has 2 atom stereocenters.